The van der Waals surface area contributed by atoms with E-state index in [1.54, 1.807) is 35.6 Å². The van der Waals surface area contributed by atoms with Crippen LogP contribution in [-0.2, 0) is 28.8 Å². The van der Waals surface area contributed by atoms with Crippen LogP contribution in [0.2, 0.25) is 0 Å². The lowest BCUT2D eigenvalue weighted by Crippen LogP contribution is -2.27. The molecule has 0 saturated carbocycles. The Balaban J connectivity index is 1.86. The molecule has 0 spiro atoms. The normalized spacial score (nSPS) is 11.7. The zero-order valence-electron chi connectivity index (χ0n) is 11.3. The Hall–Kier alpha value is -0.730. The zero-order chi connectivity index (χ0) is 15.3. The van der Waals surface area contributed by atoms with Crippen LogP contribution in [0.25, 0.3) is 0 Å². The highest BCUT2D eigenvalue weighted by Gasteiger charge is 2.11. The first kappa shape index (κ1) is 16.6. The molecule has 2 rings (SSSR count). The molecule has 0 aliphatic carbocycles. The number of sulfonamides is 1. The first-order chi connectivity index (χ1) is 9.98. The minimum absolute atomic E-state index is 0.0400. The molecule has 1 aromatic heterocycles. The van der Waals surface area contributed by atoms with Gasteiger partial charge in [0.25, 0.3) is 0 Å². The number of hydrogen-bond donors (Lipinski definition) is 2. The van der Waals surface area contributed by atoms with Gasteiger partial charge in [0.05, 0.1) is 16.1 Å². The van der Waals surface area contributed by atoms with Crippen molar-refractivity contribution in [3.05, 3.63) is 56.2 Å². The first-order valence-corrected chi connectivity index (χ1v) is 9.65. The predicted octanol–water partition coefficient (Wildman–Crippen LogP) is 2.67. The number of rotatable bonds is 7. The van der Waals surface area contributed by atoms with Crippen molar-refractivity contribution >= 4 is 37.3 Å². The number of aliphatic hydroxyl groups excluding tert-OH is 1. The molecule has 1 aromatic carbocycles. The van der Waals surface area contributed by atoms with Gasteiger partial charge in [-0.3, -0.25) is 0 Å². The summed E-state index contributed by atoms with van der Waals surface area (Å²) < 4.78 is 27.6. The molecule has 1 heterocycles. The van der Waals surface area contributed by atoms with Crippen molar-refractivity contribution in [1.29, 1.82) is 0 Å². The summed E-state index contributed by atoms with van der Waals surface area (Å²) in [6.07, 6.45) is 0.680. The van der Waals surface area contributed by atoms with Gasteiger partial charge in [-0.25, -0.2) is 13.1 Å². The fourth-order valence-corrected chi connectivity index (χ4v) is 4.46. The Kier molecular flexibility index (Phi) is 5.95. The van der Waals surface area contributed by atoms with Gasteiger partial charge in [0, 0.05) is 11.4 Å². The average molecular weight is 390 g/mol. The molecule has 0 amide bonds. The lowest BCUT2D eigenvalue weighted by atomic mass is 10.2. The number of aliphatic hydroxyl groups is 1. The van der Waals surface area contributed by atoms with Crippen molar-refractivity contribution in [3.63, 3.8) is 0 Å². The van der Waals surface area contributed by atoms with Gasteiger partial charge >= 0.3 is 0 Å². The topological polar surface area (TPSA) is 66.4 Å². The number of thiophene rings is 1. The summed E-state index contributed by atoms with van der Waals surface area (Å²) in [5.41, 5.74) is 1.48. The molecule has 0 bridgehead atoms. The number of hydrogen-bond acceptors (Lipinski definition) is 4. The lowest BCUT2D eigenvalue weighted by molar-refractivity contribution is 0.282. The van der Waals surface area contributed by atoms with Crippen LogP contribution in [0.15, 0.2) is 40.2 Å². The van der Waals surface area contributed by atoms with Crippen LogP contribution in [0, 0.1) is 0 Å². The van der Waals surface area contributed by atoms with E-state index in [1.165, 1.54) is 0 Å². The van der Waals surface area contributed by atoms with Crippen molar-refractivity contribution in [1.82, 2.24) is 4.72 Å². The molecule has 0 aliphatic rings. The summed E-state index contributed by atoms with van der Waals surface area (Å²) in [6.45, 7) is 0.353. The van der Waals surface area contributed by atoms with E-state index in [1.807, 2.05) is 12.1 Å². The third kappa shape index (κ3) is 5.52. The zero-order valence-corrected chi connectivity index (χ0v) is 14.5. The third-order valence-corrected chi connectivity index (χ3v) is 5.93. The fraction of sp³-hybridized carbons (Fsp3) is 0.286. The van der Waals surface area contributed by atoms with Gasteiger partial charge in [-0.05, 0) is 45.6 Å². The molecule has 0 fully saturated rings. The van der Waals surface area contributed by atoms with Crippen LogP contribution in [0.1, 0.15) is 16.0 Å². The summed E-state index contributed by atoms with van der Waals surface area (Å²) in [6, 6.07) is 10.8. The SMILES string of the molecule is O=S(=O)(Cc1ccc(CO)cc1)NCCc1ccc(Br)s1. The Labute approximate surface area is 137 Å². The minimum atomic E-state index is -3.34. The van der Waals surface area contributed by atoms with Gasteiger partial charge in [0.15, 0.2) is 0 Å². The maximum atomic E-state index is 12.0. The molecular formula is C14H16BrNO3S2. The van der Waals surface area contributed by atoms with E-state index in [-0.39, 0.29) is 12.4 Å². The van der Waals surface area contributed by atoms with Crippen LogP contribution in [0.4, 0.5) is 0 Å². The molecule has 0 saturated heterocycles. The van der Waals surface area contributed by atoms with Crippen LogP contribution < -0.4 is 4.72 Å². The molecule has 2 N–H and O–H groups in total. The second-order valence-corrected chi connectivity index (χ2v) is 8.94. The van der Waals surface area contributed by atoms with Gasteiger partial charge in [-0.2, -0.15) is 0 Å². The van der Waals surface area contributed by atoms with Gasteiger partial charge in [0.1, 0.15) is 0 Å². The molecule has 0 unspecified atom stereocenters. The molecule has 21 heavy (non-hydrogen) atoms. The monoisotopic (exact) mass is 389 g/mol. The van der Waals surface area contributed by atoms with Gasteiger partial charge in [0.2, 0.25) is 10.0 Å². The lowest BCUT2D eigenvalue weighted by Gasteiger charge is -2.06. The largest absolute Gasteiger partial charge is 0.392 e. The van der Waals surface area contributed by atoms with Crippen molar-refractivity contribution in [2.45, 2.75) is 18.8 Å². The summed E-state index contributed by atoms with van der Waals surface area (Å²) in [5, 5.41) is 8.95. The van der Waals surface area contributed by atoms with Crippen LogP contribution in [-0.4, -0.2) is 20.1 Å². The average Bonchev–Trinajstić information content (AvgIpc) is 2.84. The Bertz CT molecular complexity index is 680. The highest BCUT2D eigenvalue weighted by atomic mass is 79.9. The third-order valence-electron chi connectivity index (χ3n) is 2.88. The molecule has 4 nitrogen and oxygen atoms in total. The van der Waals surface area contributed by atoms with E-state index in [0.29, 0.717) is 18.5 Å². The quantitative estimate of drug-likeness (QED) is 0.764. The van der Waals surface area contributed by atoms with Gasteiger partial charge < -0.3 is 5.11 Å². The van der Waals surface area contributed by atoms with Crippen LogP contribution in [0.5, 0.6) is 0 Å². The maximum Gasteiger partial charge on any atom is 0.215 e. The second-order valence-electron chi connectivity index (χ2n) is 4.58. The van der Waals surface area contributed by atoms with E-state index in [0.717, 1.165) is 14.2 Å². The molecule has 0 atom stereocenters. The van der Waals surface area contributed by atoms with E-state index in [4.69, 9.17) is 5.11 Å². The van der Waals surface area contributed by atoms with E-state index < -0.39 is 10.0 Å². The van der Waals surface area contributed by atoms with E-state index in [2.05, 4.69) is 20.7 Å². The molecule has 7 heteroatoms. The standard InChI is InChI=1S/C14H16BrNO3S2/c15-14-6-5-13(20-14)7-8-16-21(18,19)10-12-3-1-11(9-17)2-4-12/h1-6,16-17H,7-10H2. The fourth-order valence-electron chi connectivity index (χ4n) is 1.83. The van der Waals surface area contributed by atoms with E-state index in [9.17, 15) is 8.42 Å². The summed E-state index contributed by atoms with van der Waals surface area (Å²) in [5.74, 6) is -0.0488. The van der Waals surface area contributed by atoms with Crippen molar-refractivity contribution in [2.24, 2.45) is 0 Å². The van der Waals surface area contributed by atoms with E-state index >= 15 is 0 Å². The summed E-state index contributed by atoms with van der Waals surface area (Å²) in [4.78, 5) is 1.14. The Morgan fingerprint density at radius 3 is 2.33 bits per heavy atom. The van der Waals surface area contributed by atoms with Gasteiger partial charge in [-0.15, -0.1) is 11.3 Å². The molecule has 0 aliphatic heterocycles. The number of halogens is 1. The summed E-state index contributed by atoms with van der Waals surface area (Å²) >= 11 is 4.99. The first-order valence-electron chi connectivity index (χ1n) is 6.39. The Morgan fingerprint density at radius 1 is 1.10 bits per heavy atom. The molecular weight excluding hydrogens is 374 g/mol. The highest BCUT2D eigenvalue weighted by molar-refractivity contribution is 9.11. The maximum absolute atomic E-state index is 12.0. The van der Waals surface area contributed by atoms with Gasteiger partial charge in [-0.1, -0.05) is 24.3 Å². The highest BCUT2D eigenvalue weighted by Crippen LogP contribution is 2.22. The molecule has 2 aromatic rings. The predicted molar refractivity (Wildman–Crippen MR) is 88.7 cm³/mol. The van der Waals surface area contributed by atoms with Crippen LogP contribution in [0.3, 0.4) is 0 Å². The number of benzene rings is 1. The molecule has 114 valence electrons. The smallest absolute Gasteiger partial charge is 0.215 e. The summed E-state index contributed by atoms with van der Waals surface area (Å²) in [7, 11) is -3.34. The van der Waals surface area contributed by atoms with Crippen molar-refractivity contribution in [3.8, 4) is 0 Å². The van der Waals surface area contributed by atoms with Crippen LogP contribution >= 0.6 is 27.3 Å². The molecule has 0 radical (unpaired) electrons. The Morgan fingerprint density at radius 2 is 1.76 bits per heavy atom. The minimum Gasteiger partial charge on any atom is -0.392 e. The second kappa shape index (κ2) is 7.51. The van der Waals surface area contributed by atoms with Crippen molar-refractivity contribution in [2.75, 3.05) is 6.54 Å². The van der Waals surface area contributed by atoms with Crippen molar-refractivity contribution < 1.29 is 13.5 Å². The number of nitrogens with one attached hydrogen (secondary N) is 1.